The number of alkyl halides is 1. The first kappa shape index (κ1) is 7.96. The van der Waals surface area contributed by atoms with Crippen molar-refractivity contribution in [3.8, 4) is 0 Å². The predicted octanol–water partition coefficient (Wildman–Crippen LogP) is 1.80. The van der Waals surface area contributed by atoms with Crippen molar-refractivity contribution in [3.05, 3.63) is 6.92 Å². The molecule has 1 atom stereocenters. The first-order valence-corrected chi connectivity index (χ1v) is 3.12. The predicted molar refractivity (Wildman–Crippen MR) is 34.9 cm³/mol. The molecule has 0 saturated carbocycles. The number of ketones is 1. The Bertz CT molecular complexity index is 78.6. The van der Waals surface area contributed by atoms with Crippen LogP contribution in [0.5, 0.6) is 0 Å². The number of carbonyl (C=O) groups is 1. The van der Waals surface area contributed by atoms with Crippen LogP contribution >= 0.6 is 11.6 Å². The Morgan fingerprint density at radius 2 is 2.38 bits per heavy atom. The highest BCUT2D eigenvalue weighted by molar-refractivity contribution is 6.31. The monoisotopic (exact) mass is 133 g/mol. The lowest BCUT2D eigenvalue weighted by Gasteiger charge is -1.96. The van der Waals surface area contributed by atoms with Gasteiger partial charge in [-0.2, -0.15) is 0 Å². The average Bonchev–Trinajstić information content (AvgIpc) is 1.67. The summed E-state index contributed by atoms with van der Waals surface area (Å²) in [7, 11) is 0. The summed E-state index contributed by atoms with van der Waals surface area (Å²) in [4.78, 5) is 10.5. The summed E-state index contributed by atoms with van der Waals surface area (Å²) in [5, 5.41) is -0.546. The van der Waals surface area contributed by atoms with Crippen LogP contribution in [0.1, 0.15) is 19.8 Å². The molecule has 2 heteroatoms. The molecule has 0 rings (SSSR count). The summed E-state index contributed by atoms with van der Waals surface area (Å²) in [6, 6.07) is 0. The summed E-state index contributed by atoms with van der Waals surface area (Å²) < 4.78 is 0. The van der Waals surface area contributed by atoms with E-state index in [0.717, 1.165) is 6.42 Å². The topological polar surface area (TPSA) is 17.1 Å². The van der Waals surface area contributed by atoms with Gasteiger partial charge in [0, 0.05) is 6.42 Å². The molecule has 0 aliphatic heterocycles. The van der Waals surface area contributed by atoms with Gasteiger partial charge in [0.05, 0.1) is 5.38 Å². The molecule has 0 aromatic heterocycles. The van der Waals surface area contributed by atoms with Gasteiger partial charge in [-0.3, -0.25) is 4.79 Å². The van der Waals surface area contributed by atoms with Crippen molar-refractivity contribution in [1.82, 2.24) is 0 Å². The Labute approximate surface area is 55.0 Å². The van der Waals surface area contributed by atoms with E-state index in [4.69, 9.17) is 11.6 Å². The van der Waals surface area contributed by atoms with Crippen LogP contribution in [0.25, 0.3) is 0 Å². The average molecular weight is 134 g/mol. The molecule has 0 aromatic rings. The first-order chi connectivity index (χ1) is 3.68. The van der Waals surface area contributed by atoms with Crippen molar-refractivity contribution in [2.75, 3.05) is 0 Å². The van der Waals surface area contributed by atoms with E-state index in [0.29, 0.717) is 6.42 Å². The van der Waals surface area contributed by atoms with Gasteiger partial charge in [0.2, 0.25) is 0 Å². The Morgan fingerprint density at radius 1 is 1.88 bits per heavy atom. The number of halogens is 1. The molecular weight excluding hydrogens is 124 g/mol. The van der Waals surface area contributed by atoms with Crippen molar-refractivity contribution in [2.45, 2.75) is 25.1 Å². The van der Waals surface area contributed by atoms with Gasteiger partial charge >= 0.3 is 0 Å². The number of rotatable bonds is 3. The van der Waals surface area contributed by atoms with Gasteiger partial charge in [-0.1, -0.05) is 6.92 Å². The van der Waals surface area contributed by atoms with Crippen molar-refractivity contribution in [2.24, 2.45) is 0 Å². The Hall–Kier alpha value is -0.0400. The van der Waals surface area contributed by atoms with E-state index < -0.39 is 5.38 Å². The van der Waals surface area contributed by atoms with E-state index >= 15 is 0 Å². The molecular formula is C6H10ClO. The molecule has 1 radical (unpaired) electrons. The Balaban J connectivity index is 3.33. The van der Waals surface area contributed by atoms with E-state index in [-0.39, 0.29) is 5.78 Å². The van der Waals surface area contributed by atoms with Crippen LogP contribution in [-0.4, -0.2) is 11.2 Å². The van der Waals surface area contributed by atoms with E-state index in [2.05, 4.69) is 6.92 Å². The highest BCUT2D eigenvalue weighted by atomic mass is 35.5. The molecule has 0 saturated heterocycles. The minimum Gasteiger partial charge on any atom is -0.298 e. The molecule has 0 N–H and O–H groups in total. The van der Waals surface area contributed by atoms with Crippen molar-refractivity contribution in [3.63, 3.8) is 0 Å². The number of carbonyl (C=O) groups excluding carboxylic acids is 1. The summed E-state index contributed by atoms with van der Waals surface area (Å²) >= 11 is 5.35. The highest BCUT2D eigenvalue weighted by Crippen LogP contribution is 1.99. The zero-order valence-corrected chi connectivity index (χ0v) is 5.74. The summed E-state index contributed by atoms with van der Waals surface area (Å²) in [5.74, 6) is 0.0363. The normalized spacial score (nSPS) is 13.4. The molecule has 0 aromatic carbocycles. The second kappa shape index (κ2) is 3.90. The van der Waals surface area contributed by atoms with Gasteiger partial charge in [0.25, 0.3) is 0 Å². The van der Waals surface area contributed by atoms with Crippen LogP contribution in [0, 0.1) is 6.92 Å². The van der Waals surface area contributed by atoms with Gasteiger partial charge in [-0.15, -0.1) is 11.6 Å². The Kier molecular flexibility index (Phi) is 3.88. The number of Topliss-reactive ketones (excluding diaryl/α,β-unsaturated/α-hetero) is 1. The second-order valence-corrected chi connectivity index (χ2v) is 2.21. The molecule has 0 heterocycles. The quantitative estimate of drug-likeness (QED) is 0.537. The fourth-order valence-corrected chi connectivity index (χ4v) is 0.512. The maximum Gasteiger partial charge on any atom is 0.150 e. The molecule has 0 fully saturated rings. The summed E-state index contributed by atoms with van der Waals surface area (Å²) in [6.45, 7) is 5.31. The van der Waals surface area contributed by atoms with Crippen molar-refractivity contribution >= 4 is 17.4 Å². The zero-order chi connectivity index (χ0) is 6.57. The van der Waals surface area contributed by atoms with E-state index in [9.17, 15) is 4.79 Å². The lowest BCUT2D eigenvalue weighted by atomic mass is 10.2. The molecule has 0 bridgehead atoms. The molecule has 0 spiro atoms. The molecule has 47 valence electrons. The van der Waals surface area contributed by atoms with Crippen molar-refractivity contribution in [1.29, 1.82) is 0 Å². The third-order valence-corrected chi connectivity index (χ3v) is 1.09. The van der Waals surface area contributed by atoms with E-state index in [1.54, 1.807) is 0 Å². The maximum atomic E-state index is 10.5. The van der Waals surface area contributed by atoms with Gasteiger partial charge in [0.15, 0.2) is 5.78 Å². The lowest BCUT2D eigenvalue weighted by Crippen LogP contribution is -2.08. The summed E-state index contributed by atoms with van der Waals surface area (Å²) in [5.41, 5.74) is 0. The maximum absolute atomic E-state index is 10.5. The molecule has 0 amide bonds. The van der Waals surface area contributed by atoms with Crippen LogP contribution in [-0.2, 0) is 4.79 Å². The largest absolute Gasteiger partial charge is 0.298 e. The minimum absolute atomic E-state index is 0.0363. The molecule has 1 nitrogen and oxygen atoms in total. The Morgan fingerprint density at radius 3 is 2.50 bits per heavy atom. The lowest BCUT2D eigenvalue weighted by molar-refractivity contribution is -0.118. The number of hydrogen-bond donors (Lipinski definition) is 0. The molecule has 1 unspecified atom stereocenters. The van der Waals surface area contributed by atoms with Crippen LogP contribution in [0.2, 0.25) is 0 Å². The standard InChI is InChI=1S/C6H10ClO/c1-3-4-6(8)5(2)7/h5H,2-4H2,1H3. The third kappa shape index (κ3) is 3.03. The van der Waals surface area contributed by atoms with Gasteiger partial charge in [-0.05, 0) is 13.3 Å². The van der Waals surface area contributed by atoms with Crippen molar-refractivity contribution < 1.29 is 4.79 Å². The molecule has 8 heavy (non-hydrogen) atoms. The summed E-state index contributed by atoms with van der Waals surface area (Å²) in [6.07, 6.45) is 1.41. The van der Waals surface area contributed by atoms with Gasteiger partial charge in [0.1, 0.15) is 0 Å². The first-order valence-electron chi connectivity index (χ1n) is 2.68. The fourth-order valence-electron chi connectivity index (χ4n) is 0.403. The van der Waals surface area contributed by atoms with Crippen LogP contribution < -0.4 is 0 Å². The smallest absolute Gasteiger partial charge is 0.150 e. The van der Waals surface area contributed by atoms with Gasteiger partial charge < -0.3 is 0 Å². The fraction of sp³-hybridized carbons (Fsp3) is 0.667. The zero-order valence-electron chi connectivity index (χ0n) is 4.98. The van der Waals surface area contributed by atoms with E-state index in [1.807, 2.05) is 6.92 Å². The van der Waals surface area contributed by atoms with Crippen LogP contribution in [0.4, 0.5) is 0 Å². The van der Waals surface area contributed by atoms with Gasteiger partial charge in [-0.25, -0.2) is 0 Å². The highest BCUT2D eigenvalue weighted by Gasteiger charge is 2.05. The minimum atomic E-state index is -0.546. The second-order valence-electron chi connectivity index (χ2n) is 1.68. The van der Waals surface area contributed by atoms with E-state index in [1.165, 1.54) is 0 Å². The SMILES string of the molecule is [CH2]C(Cl)C(=O)CCC. The molecule has 0 aliphatic carbocycles. The van der Waals surface area contributed by atoms with Crippen LogP contribution in [0.3, 0.4) is 0 Å². The number of hydrogen-bond acceptors (Lipinski definition) is 1. The van der Waals surface area contributed by atoms with Crippen LogP contribution in [0.15, 0.2) is 0 Å². The third-order valence-electron chi connectivity index (χ3n) is 0.846. The molecule has 0 aliphatic rings.